The summed E-state index contributed by atoms with van der Waals surface area (Å²) in [6, 6.07) is 7.18. The largest absolute Gasteiger partial charge is 0.349 e. The minimum atomic E-state index is -0.283. The Labute approximate surface area is 159 Å². The molecule has 0 saturated carbocycles. The van der Waals surface area contributed by atoms with Crippen molar-refractivity contribution < 1.29 is 9.18 Å². The molecule has 3 heterocycles. The minimum absolute atomic E-state index is 0.133. The van der Waals surface area contributed by atoms with Crippen molar-refractivity contribution in [3.63, 3.8) is 0 Å². The maximum absolute atomic E-state index is 13.5. The molecule has 0 unspecified atom stereocenters. The molecule has 0 bridgehead atoms. The third kappa shape index (κ3) is 3.50. The van der Waals surface area contributed by atoms with Crippen LogP contribution in [0.3, 0.4) is 0 Å². The van der Waals surface area contributed by atoms with Crippen LogP contribution in [0.5, 0.6) is 0 Å². The zero-order valence-electron chi connectivity index (χ0n) is 16.0. The van der Waals surface area contributed by atoms with Gasteiger partial charge in [0, 0.05) is 38.3 Å². The molecule has 144 valence electrons. The molecule has 27 heavy (non-hydrogen) atoms. The zero-order valence-corrected chi connectivity index (χ0v) is 16.0. The molecular weight excluding hydrogens is 343 g/mol. The van der Waals surface area contributed by atoms with Gasteiger partial charge >= 0.3 is 0 Å². The second kappa shape index (κ2) is 7.08. The van der Waals surface area contributed by atoms with E-state index in [0.29, 0.717) is 6.42 Å². The number of hydrogen-bond donors (Lipinski definition) is 1. The average molecular weight is 370 g/mol. The smallest absolute Gasteiger partial charge is 0.220 e. The van der Waals surface area contributed by atoms with Gasteiger partial charge in [0.1, 0.15) is 5.82 Å². The summed E-state index contributed by atoms with van der Waals surface area (Å²) in [6.45, 7) is 2.93. The number of aromatic nitrogens is 2. The van der Waals surface area contributed by atoms with Gasteiger partial charge in [-0.1, -0.05) is 18.6 Å². The maximum atomic E-state index is 13.5. The van der Waals surface area contributed by atoms with Gasteiger partial charge in [-0.3, -0.25) is 9.69 Å². The number of carbonyl (C=O) groups is 1. The third-order valence-corrected chi connectivity index (χ3v) is 6.23. The van der Waals surface area contributed by atoms with E-state index in [2.05, 4.69) is 22.1 Å². The molecule has 2 saturated heterocycles. The fourth-order valence-electron chi connectivity index (χ4n) is 4.80. The van der Waals surface area contributed by atoms with Crippen LogP contribution in [0.25, 0.3) is 0 Å². The monoisotopic (exact) mass is 370 g/mol. The van der Waals surface area contributed by atoms with Crippen LogP contribution in [0, 0.1) is 5.82 Å². The van der Waals surface area contributed by atoms with Crippen LogP contribution in [0.2, 0.25) is 0 Å². The van der Waals surface area contributed by atoms with Crippen molar-refractivity contribution in [3.05, 3.63) is 53.9 Å². The van der Waals surface area contributed by atoms with Crippen molar-refractivity contribution in [3.8, 4) is 0 Å². The lowest BCUT2D eigenvalue weighted by atomic mass is 9.85. The van der Waals surface area contributed by atoms with Crippen molar-refractivity contribution in [2.24, 2.45) is 7.05 Å². The predicted molar refractivity (Wildman–Crippen MR) is 101 cm³/mol. The molecule has 1 aromatic carbocycles. The normalized spacial score (nSPS) is 29.1. The van der Waals surface area contributed by atoms with E-state index in [4.69, 9.17) is 0 Å². The van der Waals surface area contributed by atoms with Crippen LogP contribution in [-0.2, 0) is 18.4 Å². The van der Waals surface area contributed by atoms with Crippen molar-refractivity contribution >= 4 is 5.91 Å². The number of amides is 1. The van der Waals surface area contributed by atoms with Crippen LogP contribution in [-0.4, -0.2) is 31.9 Å². The molecule has 5 nitrogen and oxygen atoms in total. The van der Waals surface area contributed by atoms with Crippen molar-refractivity contribution in [1.82, 2.24) is 19.8 Å². The molecule has 1 amide bonds. The van der Waals surface area contributed by atoms with Crippen molar-refractivity contribution in [2.45, 2.75) is 63.2 Å². The van der Waals surface area contributed by atoms with Gasteiger partial charge in [-0.05, 0) is 43.9 Å². The first-order valence-electron chi connectivity index (χ1n) is 9.74. The number of likely N-dealkylation sites (tertiary alicyclic amines) is 1. The number of nitrogens with one attached hydrogen (secondary N) is 1. The van der Waals surface area contributed by atoms with Crippen LogP contribution in [0.4, 0.5) is 4.39 Å². The molecule has 2 aliphatic heterocycles. The SMILES string of the molecule is Cn1cncc1CN1[C@H]2CCCCC(=O)N[C@@]2(C)C[C@H]1c1ccc(F)cc1. The van der Waals surface area contributed by atoms with Gasteiger partial charge in [-0.2, -0.15) is 0 Å². The van der Waals surface area contributed by atoms with E-state index >= 15 is 0 Å². The molecule has 2 aromatic rings. The van der Waals surface area contributed by atoms with E-state index in [1.807, 2.05) is 36.3 Å². The Kier molecular flexibility index (Phi) is 4.76. The minimum Gasteiger partial charge on any atom is -0.349 e. The molecular formula is C21H27FN4O. The number of benzene rings is 1. The molecule has 3 atom stereocenters. The first-order valence-corrected chi connectivity index (χ1v) is 9.74. The summed E-state index contributed by atoms with van der Waals surface area (Å²) in [7, 11) is 2.00. The van der Waals surface area contributed by atoms with E-state index in [-0.39, 0.29) is 29.3 Å². The van der Waals surface area contributed by atoms with Crippen molar-refractivity contribution in [1.29, 1.82) is 0 Å². The highest BCUT2D eigenvalue weighted by Crippen LogP contribution is 2.45. The number of rotatable bonds is 3. The highest BCUT2D eigenvalue weighted by Gasteiger charge is 2.50. The fraction of sp³-hybridized carbons (Fsp3) is 0.524. The molecule has 0 spiro atoms. The van der Waals surface area contributed by atoms with Crippen LogP contribution in [0.15, 0.2) is 36.8 Å². The lowest BCUT2D eigenvalue weighted by Crippen LogP contribution is -2.55. The number of nitrogens with zero attached hydrogens (tertiary/aromatic N) is 3. The predicted octanol–water partition coefficient (Wildman–Crippen LogP) is 3.32. The molecule has 6 heteroatoms. The number of halogens is 1. The van der Waals surface area contributed by atoms with E-state index in [0.717, 1.165) is 43.5 Å². The lowest BCUT2D eigenvalue weighted by molar-refractivity contribution is -0.123. The first kappa shape index (κ1) is 18.2. The van der Waals surface area contributed by atoms with Crippen LogP contribution in [0.1, 0.15) is 56.3 Å². The van der Waals surface area contributed by atoms with Crippen LogP contribution >= 0.6 is 0 Å². The van der Waals surface area contributed by atoms with Gasteiger partial charge in [0.15, 0.2) is 0 Å². The molecule has 2 aliphatic rings. The Morgan fingerprint density at radius 2 is 2.07 bits per heavy atom. The summed E-state index contributed by atoms with van der Waals surface area (Å²) < 4.78 is 15.5. The molecule has 2 fully saturated rings. The summed E-state index contributed by atoms with van der Waals surface area (Å²) in [6.07, 6.45) is 8.17. The lowest BCUT2D eigenvalue weighted by Gasteiger charge is -2.38. The number of carbonyl (C=O) groups excluding carboxylic acids is 1. The first-order chi connectivity index (χ1) is 13.0. The van der Waals surface area contributed by atoms with Gasteiger partial charge in [-0.25, -0.2) is 9.37 Å². The van der Waals surface area contributed by atoms with E-state index in [1.54, 1.807) is 0 Å². The van der Waals surface area contributed by atoms with Gasteiger partial charge in [0.05, 0.1) is 17.6 Å². The number of aryl methyl sites for hydroxylation is 1. The maximum Gasteiger partial charge on any atom is 0.220 e. The highest BCUT2D eigenvalue weighted by molar-refractivity contribution is 5.77. The highest BCUT2D eigenvalue weighted by atomic mass is 19.1. The molecule has 4 rings (SSSR count). The Morgan fingerprint density at radius 3 is 2.78 bits per heavy atom. The second-order valence-electron chi connectivity index (χ2n) is 8.17. The van der Waals surface area contributed by atoms with E-state index in [1.165, 1.54) is 12.1 Å². The molecule has 0 aliphatic carbocycles. The summed E-state index contributed by atoms with van der Waals surface area (Å²) >= 11 is 0. The quantitative estimate of drug-likeness (QED) is 0.902. The standard InChI is InChI=1S/C21H27FN4O/c1-21-11-18(15-7-9-16(22)10-8-15)26(13-17-12-23-14-25(17)2)19(21)5-3-4-6-20(27)24-21/h7-10,12,14,18-19H,3-6,11,13H2,1-2H3,(H,24,27)/t18-,19-,21-/m0/s1. The van der Waals surface area contributed by atoms with Gasteiger partial charge in [0.25, 0.3) is 0 Å². The summed E-state index contributed by atoms with van der Waals surface area (Å²) in [5, 5.41) is 3.32. The number of imidazole rings is 1. The summed E-state index contributed by atoms with van der Waals surface area (Å²) in [5.74, 6) is -0.0806. The fourth-order valence-corrected chi connectivity index (χ4v) is 4.80. The zero-order chi connectivity index (χ0) is 19.0. The summed E-state index contributed by atoms with van der Waals surface area (Å²) in [4.78, 5) is 19.1. The third-order valence-electron chi connectivity index (χ3n) is 6.23. The van der Waals surface area contributed by atoms with Gasteiger partial charge in [0.2, 0.25) is 5.91 Å². The number of fused-ring (bicyclic) bond motifs is 1. The average Bonchev–Trinajstić information content (AvgIpc) is 3.13. The van der Waals surface area contributed by atoms with Crippen molar-refractivity contribution in [2.75, 3.05) is 0 Å². The topological polar surface area (TPSA) is 50.2 Å². The van der Waals surface area contributed by atoms with E-state index in [9.17, 15) is 9.18 Å². The van der Waals surface area contributed by atoms with Gasteiger partial charge in [-0.15, -0.1) is 0 Å². The Bertz CT molecular complexity index is 818. The van der Waals surface area contributed by atoms with Crippen LogP contribution < -0.4 is 5.32 Å². The van der Waals surface area contributed by atoms with E-state index < -0.39 is 0 Å². The number of hydrogen-bond acceptors (Lipinski definition) is 3. The van der Waals surface area contributed by atoms with Gasteiger partial charge < -0.3 is 9.88 Å². The Morgan fingerprint density at radius 1 is 1.30 bits per heavy atom. The molecule has 1 aromatic heterocycles. The Hall–Kier alpha value is -2.21. The molecule has 0 radical (unpaired) electrons. The second-order valence-corrected chi connectivity index (χ2v) is 8.17. The summed E-state index contributed by atoms with van der Waals surface area (Å²) in [5.41, 5.74) is 1.95. The molecule has 1 N–H and O–H groups in total. The Balaban J connectivity index is 1.72.